The van der Waals surface area contributed by atoms with Gasteiger partial charge in [0.05, 0.1) is 12.6 Å². The van der Waals surface area contributed by atoms with Gasteiger partial charge < -0.3 is 10.5 Å². The van der Waals surface area contributed by atoms with E-state index in [4.69, 9.17) is 10.5 Å². The van der Waals surface area contributed by atoms with Crippen molar-refractivity contribution in [3.8, 4) is 0 Å². The summed E-state index contributed by atoms with van der Waals surface area (Å²) in [5, 5.41) is 0. The van der Waals surface area contributed by atoms with Crippen LogP contribution >= 0.6 is 11.8 Å². The monoisotopic (exact) mass is 173 g/mol. The summed E-state index contributed by atoms with van der Waals surface area (Å²) in [7, 11) is 0. The third-order valence-electron chi connectivity index (χ3n) is 1.60. The van der Waals surface area contributed by atoms with E-state index < -0.39 is 0 Å². The minimum Gasteiger partial charge on any atom is -0.496 e. The summed E-state index contributed by atoms with van der Waals surface area (Å²) < 4.78 is 5.33. The van der Waals surface area contributed by atoms with Gasteiger partial charge in [-0.25, -0.2) is 0 Å². The molecule has 1 unspecified atom stereocenters. The van der Waals surface area contributed by atoms with Gasteiger partial charge in [-0.3, -0.25) is 0 Å². The van der Waals surface area contributed by atoms with Crippen molar-refractivity contribution >= 4 is 11.8 Å². The Labute approximate surface area is 72.2 Å². The maximum absolute atomic E-state index is 5.85. The van der Waals surface area contributed by atoms with E-state index in [1.54, 1.807) is 0 Å². The van der Waals surface area contributed by atoms with E-state index in [2.05, 4.69) is 13.0 Å². The first-order valence-corrected chi connectivity index (χ1v) is 5.16. The number of hydrogen-bond donors (Lipinski definition) is 1. The molecule has 1 heterocycles. The molecule has 1 atom stereocenters. The summed E-state index contributed by atoms with van der Waals surface area (Å²) in [4.78, 5) is 0. The molecule has 0 aromatic carbocycles. The number of thioether (sulfide) groups is 1. The third-order valence-corrected chi connectivity index (χ3v) is 2.60. The summed E-state index contributed by atoms with van der Waals surface area (Å²) in [6.45, 7) is 2.96. The first-order chi connectivity index (χ1) is 5.34. The minimum atomic E-state index is 0.113. The first-order valence-electron chi connectivity index (χ1n) is 4.00. The SMILES string of the molecule is CCSCC(N)C1=CCCO1. The fourth-order valence-electron chi connectivity index (χ4n) is 1.02. The lowest BCUT2D eigenvalue weighted by molar-refractivity contribution is 0.228. The van der Waals surface area contributed by atoms with E-state index in [-0.39, 0.29) is 6.04 Å². The van der Waals surface area contributed by atoms with Gasteiger partial charge in [0.1, 0.15) is 5.76 Å². The molecule has 0 aromatic rings. The van der Waals surface area contributed by atoms with Crippen LogP contribution in [0.15, 0.2) is 11.8 Å². The van der Waals surface area contributed by atoms with Gasteiger partial charge in [-0.05, 0) is 11.8 Å². The van der Waals surface area contributed by atoms with Gasteiger partial charge >= 0.3 is 0 Å². The molecule has 0 spiro atoms. The first kappa shape index (κ1) is 8.94. The number of ether oxygens (including phenoxy) is 1. The van der Waals surface area contributed by atoms with Gasteiger partial charge in [0, 0.05) is 12.2 Å². The second-order valence-corrected chi connectivity index (χ2v) is 3.83. The third kappa shape index (κ3) is 2.75. The maximum Gasteiger partial charge on any atom is 0.110 e. The van der Waals surface area contributed by atoms with E-state index in [1.807, 2.05) is 11.8 Å². The largest absolute Gasteiger partial charge is 0.496 e. The standard InChI is InChI=1S/C8H15NOS/c1-2-11-6-7(9)8-4-3-5-10-8/h4,7H,2-3,5-6,9H2,1H3. The molecule has 0 amide bonds. The Bertz CT molecular complexity index is 147. The molecule has 0 saturated heterocycles. The average Bonchev–Trinajstić information content (AvgIpc) is 2.52. The van der Waals surface area contributed by atoms with Crippen molar-refractivity contribution in [2.75, 3.05) is 18.1 Å². The fraction of sp³-hybridized carbons (Fsp3) is 0.750. The van der Waals surface area contributed by atoms with Crippen LogP contribution in [0.4, 0.5) is 0 Å². The average molecular weight is 173 g/mol. The minimum absolute atomic E-state index is 0.113. The Hall–Kier alpha value is -0.150. The van der Waals surface area contributed by atoms with Crippen molar-refractivity contribution in [1.29, 1.82) is 0 Å². The summed E-state index contributed by atoms with van der Waals surface area (Å²) in [6, 6.07) is 0.113. The molecule has 1 aliphatic rings. The molecule has 3 heteroatoms. The second kappa shape index (κ2) is 4.67. The van der Waals surface area contributed by atoms with Gasteiger partial charge in [-0.2, -0.15) is 11.8 Å². The van der Waals surface area contributed by atoms with Gasteiger partial charge in [-0.15, -0.1) is 0 Å². The molecule has 0 aromatic heterocycles. The zero-order valence-electron chi connectivity index (χ0n) is 6.88. The molecule has 1 rings (SSSR count). The van der Waals surface area contributed by atoms with E-state index >= 15 is 0 Å². The molecule has 0 aliphatic carbocycles. The molecular formula is C8H15NOS. The highest BCUT2D eigenvalue weighted by Crippen LogP contribution is 2.15. The fourth-order valence-corrected chi connectivity index (χ4v) is 1.68. The highest BCUT2D eigenvalue weighted by molar-refractivity contribution is 7.99. The van der Waals surface area contributed by atoms with Crippen LogP contribution in [-0.2, 0) is 4.74 Å². The Kier molecular flexibility index (Phi) is 3.80. The van der Waals surface area contributed by atoms with E-state index in [0.29, 0.717) is 0 Å². The highest BCUT2D eigenvalue weighted by Gasteiger charge is 2.13. The Morgan fingerprint density at radius 2 is 2.64 bits per heavy atom. The molecule has 2 N–H and O–H groups in total. The van der Waals surface area contributed by atoms with Crippen LogP contribution in [0.25, 0.3) is 0 Å². The van der Waals surface area contributed by atoms with Crippen LogP contribution in [0.1, 0.15) is 13.3 Å². The molecule has 1 aliphatic heterocycles. The molecule has 2 nitrogen and oxygen atoms in total. The van der Waals surface area contributed by atoms with Gasteiger partial charge in [0.2, 0.25) is 0 Å². The molecular weight excluding hydrogens is 158 g/mol. The van der Waals surface area contributed by atoms with Crippen molar-refractivity contribution in [2.24, 2.45) is 5.73 Å². The zero-order valence-corrected chi connectivity index (χ0v) is 7.69. The normalized spacial score (nSPS) is 19.3. The highest BCUT2D eigenvalue weighted by atomic mass is 32.2. The summed E-state index contributed by atoms with van der Waals surface area (Å²) in [6.07, 6.45) is 3.13. The summed E-state index contributed by atoms with van der Waals surface area (Å²) in [5.74, 6) is 3.09. The van der Waals surface area contributed by atoms with Crippen molar-refractivity contribution in [2.45, 2.75) is 19.4 Å². The molecule has 11 heavy (non-hydrogen) atoms. The Morgan fingerprint density at radius 3 is 3.18 bits per heavy atom. The van der Waals surface area contributed by atoms with Crippen LogP contribution in [0.5, 0.6) is 0 Å². The summed E-state index contributed by atoms with van der Waals surface area (Å²) >= 11 is 1.86. The molecule has 0 radical (unpaired) electrons. The van der Waals surface area contributed by atoms with Gasteiger partial charge in [-0.1, -0.05) is 6.92 Å². The lowest BCUT2D eigenvalue weighted by Gasteiger charge is -2.11. The topological polar surface area (TPSA) is 35.2 Å². The van der Waals surface area contributed by atoms with Crippen molar-refractivity contribution in [3.05, 3.63) is 11.8 Å². The van der Waals surface area contributed by atoms with Crippen molar-refractivity contribution in [1.82, 2.24) is 0 Å². The van der Waals surface area contributed by atoms with E-state index in [0.717, 1.165) is 30.3 Å². The maximum atomic E-state index is 5.85. The molecule has 0 bridgehead atoms. The molecule has 64 valence electrons. The van der Waals surface area contributed by atoms with Crippen molar-refractivity contribution in [3.63, 3.8) is 0 Å². The predicted octanol–water partition coefficient (Wildman–Crippen LogP) is 1.37. The number of nitrogens with two attached hydrogens (primary N) is 1. The van der Waals surface area contributed by atoms with Gasteiger partial charge in [0.15, 0.2) is 0 Å². The van der Waals surface area contributed by atoms with E-state index in [1.165, 1.54) is 0 Å². The van der Waals surface area contributed by atoms with Crippen molar-refractivity contribution < 1.29 is 4.74 Å². The van der Waals surface area contributed by atoms with E-state index in [9.17, 15) is 0 Å². The molecule has 0 saturated carbocycles. The zero-order chi connectivity index (χ0) is 8.10. The van der Waals surface area contributed by atoms with Crippen LogP contribution in [0.2, 0.25) is 0 Å². The van der Waals surface area contributed by atoms with Crippen LogP contribution in [0, 0.1) is 0 Å². The lowest BCUT2D eigenvalue weighted by atomic mass is 10.3. The Balaban J connectivity index is 2.23. The Morgan fingerprint density at radius 1 is 1.82 bits per heavy atom. The lowest BCUT2D eigenvalue weighted by Crippen LogP contribution is -2.25. The quantitative estimate of drug-likeness (QED) is 0.697. The second-order valence-electron chi connectivity index (χ2n) is 2.51. The van der Waals surface area contributed by atoms with Gasteiger partial charge in [0.25, 0.3) is 0 Å². The predicted molar refractivity (Wildman–Crippen MR) is 49.6 cm³/mol. The summed E-state index contributed by atoms with van der Waals surface area (Å²) in [5.41, 5.74) is 5.85. The number of hydrogen-bond acceptors (Lipinski definition) is 3. The smallest absolute Gasteiger partial charge is 0.110 e. The molecule has 0 fully saturated rings. The van der Waals surface area contributed by atoms with Crippen LogP contribution in [-0.4, -0.2) is 24.2 Å². The van der Waals surface area contributed by atoms with Crippen LogP contribution < -0.4 is 5.73 Å². The van der Waals surface area contributed by atoms with Crippen LogP contribution in [0.3, 0.4) is 0 Å². The number of rotatable bonds is 4.